The van der Waals surface area contributed by atoms with Crippen molar-refractivity contribution in [3.8, 4) is 0 Å². The number of benzene rings is 1. The Morgan fingerprint density at radius 3 is 2.40 bits per heavy atom. The largest absolute Gasteiger partial charge is 0.370 e. The molecule has 1 aliphatic rings. The van der Waals surface area contributed by atoms with Gasteiger partial charge in [-0.1, -0.05) is 6.92 Å². The van der Waals surface area contributed by atoms with Crippen LogP contribution in [0.25, 0.3) is 0 Å². The molecule has 1 aliphatic heterocycles. The van der Waals surface area contributed by atoms with Gasteiger partial charge in [-0.15, -0.1) is 13.2 Å². The van der Waals surface area contributed by atoms with Crippen LogP contribution in [0.2, 0.25) is 0 Å². The summed E-state index contributed by atoms with van der Waals surface area (Å²) >= 11 is 3.63. The summed E-state index contributed by atoms with van der Waals surface area (Å²) in [5.74, 6) is 0.234. The molecule has 0 aromatic heterocycles. The van der Waals surface area contributed by atoms with Gasteiger partial charge < -0.3 is 4.90 Å². The molecule has 1 heterocycles. The van der Waals surface area contributed by atoms with E-state index in [1.54, 1.807) is 0 Å². The summed E-state index contributed by atoms with van der Waals surface area (Å²) in [7, 11) is 0. The zero-order valence-electron chi connectivity index (χ0n) is 12.5. The number of Topliss-reactive ketones (excluding diaryl/α,β-unsaturated/α-hetero) is 1. The summed E-state index contributed by atoms with van der Waals surface area (Å²) < 4.78 is 1.11. The number of halogens is 1. The number of hydrogen-bond acceptors (Lipinski definition) is 2. The highest BCUT2D eigenvalue weighted by Gasteiger charge is 2.19. The quantitative estimate of drug-likeness (QED) is 0.562. The van der Waals surface area contributed by atoms with Gasteiger partial charge in [0.05, 0.1) is 5.69 Å². The number of rotatable bonds is 3. The van der Waals surface area contributed by atoms with E-state index in [1.807, 2.05) is 19.1 Å². The molecule has 0 aliphatic carbocycles. The Labute approximate surface area is 131 Å². The Kier molecular flexibility index (Phi) is 7.00. The zero-order valence-corrected chi connectivity index (χ0v) is 14.1. The lowest BCUT2D eigenvalue weighted by Gasteiger charge is -2.31. The average Bonchev–Trinajstić information content (AvgIpc) is 2.50. The maximum Gasteiger partial charge on any atom is 0.162 e. The van der Waals surface area contributed by atoms with Gasteiger partial charge in [-0.3, -0.25) is 4.79 Å². The van der Waals surface area contributed by atoms with Crippen LogP contribution in [0.5, 0.6) is 0 Å². The molecule has 1 saturated heterocycles. The van der Waals surface area contributed by atoms with E-state index < -0.39 is 0 Å². The Hall–Kier alpha value is -1.09. The molecular formula is C17H24BrNO. The van der Waals surface area contributed by atoms with Crippen LogP contribution < -0.4 is 4.90 Å². The lowest BCUT2D eigenvalue weighted by Crippen LogP contribution is -2.30. The van der Waals surface area contributed by atoms with Crippen molar-refractivity contribution in [2.45, 2.75) is 39.5 Å². The van der Waals surface area contributed by atoms with Crippen LogP contribution in [0.15, 0.2) is 29.8 Å². The van der Waals surface area contributed by atoms with Gasteiger partial charge >= 0.3 is 0 Å². The van der Waals surface area contributed by atoms with Crippen LogP contribution in [0, 0.1) is 6.92 Å². The molecule has 1 aromatic carbocycles. The second-order valence-corrected chi connectivity index (χ2v) is 5.75. The fourth-order valence-corrected chi connectivity index (χ4v) is 3.35. The fraction of sp³-hybridized carbons (Fsp3) is 0.471. The van der Waals surface area contributed by atoms with E-state index in [9.17, 15) is 4.79 Å². The van der Waals surface area contributed by atoms with Crippen molar-refractivity contribution < 1.29 is 4.79 Å². The maximum absolute atomic E-state index is 11.9. The van der Waals surface area contributed by atoms with Crippen LogP contribution in [0.3, 0.4) is 0 Å². The van der Waals surface area contributed by atoms with E-state index in [-0.39, 0.29) is 5.78 Å². The smallest absolute Gasteiger partial charge is 0.162 e. The number of ketones is 1. The Morgan fingerprint density at radius 1 is 1.25 bits per heavy atom. The summed E-state index contributed by atoms with van der Waals surface area (Å²) in [4.78, 5) is 14.4. The molecule has 20 heavy (non-hydrogen) atoms. The molecule has 0 radical (unpaired) electrons. The van der Waals surface area contributed by atoms with Gasteiger partial charge in [-0.2, -0.15) is 0 Å². The minimum atomic E-state index is 0.234. The van der Waals surface area contributed by atoms with Crippen molar-refractivity contribution in [2.24, 2.45) is 0 Å². The van der Waals surface area contributed by atoms with Crippen molar-refractivity contribution >= 4 is 27.4 Å². The molecule has 0 unspecified atom stereocenters. The Morgan fingerprint density at radius 2 is 1.85 bits per heavy atom. The van der Waals surface area contributed by atoms with Gasteiger partial charge in [0, 0.05) is 29.5 Å². The molecular weight excluding hydrogens is 314 g/mol. The van der Waals surface area contributed by atoms with Gasteiger partial charge in [-0.25, -0.2) is 0 Å². The molecule has 0 saturated carbocycles. The number of carbonyl (C=O) groups is 1. The van der Waals surface area contributed by atoms with Crippen molar-refractivity contribution in [2.75, 3.05) is 18.0 Å². The molecule has 3 heteroatoms. The maximum atomic E-state index is 11.9. The van der Waals surface area contributed by atoms with Crippen LogP contribution >= 0.6 is 15.9 Å². The summed E-state index contributed by atoms with van der Waals surface area (Å²) in [5, 5.41) is 0. The highest BCUT2D eigenvalue weighted by atomic mass is 79.9. The number of hydrogen-bond donors (Lipinski definition) is 0. The molecule has 1 aromatic rings. The monoisotopic (exact) mass is 337 g/mol. The van der Waals surface area contributed by atoms with Crippen molar-refractivity contribution in [1.29, 1.82) is 0 Å². The second kappa shape index (κ2) is 8.25. The third kappa shape index (κ3) is 3.72. The van der Waals surface area contributed by atoms with Crippen LogP contribution in [0.1, 0.15) is 48.5 Å². The average molecular weight is 338 g/mol. The van der Waals surface area contributed by atoms with Crippen LogP contribution in [0.4, 0.5) is 5.69 Å². The van der Waals surface area contributed by atoms with Gasteiger partial charge in [-0.05, 0) is 59.8 Å². The van der Waals surface area contributed by atoms with Crippen LogP contribution in [-0.2, 0) is 0 Å². The van der Waals surface area contributed by atoms with E-state index in [4.69, 9.17) is 0 Å². The van der Waals surface area contributed by atoms with Gasteiger partial charge in [0.2, 0.25) is 0 Å². The Balaban J connectivity index is 0.000000956. The molecule has 2 nitrogen and oxygen atoms in total. The van der Waals surface area contributed by atoms with Crippen molar-refractivity contribution in [1.82, 2.24) is 0 Å². The lowest BCUT2D eigenvalue weighted by atomic mass is 9.99. The van der Waals surface area contributed by atoms with E-state index in [1.165, 1.54) is 24.9 Å². The van der Waals surface area contributed by atoms with E-state index >= 15 is 0 Å². The first-order chi connectivity index (χ1) is 9.65. The minimum absolute atomic E-state index is 0.234. The van der Waals surface area contributed by atoms with Crippen molar-refractivity contribution in [3.63, 3.8) is 0 Å². The topological polar surface area (TPSA) is 20.3 Å². The molecule has 0 spiro atoms. The Bertz CT molecular complexity index is 464. The molecule has 0 N–H and O–H groups in total. The number of carbonyl (C=O) groups excluding carboxylic acids is 1. The van der Waals surface area contributed by atoms with Crippen LogP contribution in [-0.4, -0.2) is 18.9 Å². The number of anilines is 1. The summed E-state index contributed by atoms with van der Waals surface area (Å²) in [6.07, 6.45) is 4.39. The predicted molar refractivity (Wildman–Crippen MR) is 90.8 cm³/mol. The normalized spacial score (nSPS) is 14.4. The lowest BCUT2D eigenvalue weighted by molar-refractivity contribution is 0.0987. The molecule has 110 valence electrons. The summed E-state index contributed by atoms with van der Waals surface area (Å²) in [6, 6.07) is 3.96. The molecule has 0 amide bonds. The first-order valence-electron chi connectivity index (χ1n) is 7.22. The predicted octanol–water partition coefficient (Wildman–Crippen LogP) is 5.14. The van der Waals surface area contributed by atoms with Gasteiger partial charge in [0.25, 0.3) is 0 Å². The SMILES string of the molecule is C=C.CCC(=O)c1ccc(Br)c(N2CCCCC2)c1C. The second-order valence-electron chi connectivity index (χ2n) is 4.89. The van der Waals surface area contributed by atoms with E-state index in [0.29, 0.717) is 6.42 Å². The molecule has 0 atom stereocenters. The molecule has 1 fully saturated rings. The molecule has 0 bridgehead atoms. The first-order valence-corrected chi connectivity index (χ1v) is 8.01. The van der Waals surface area contributed by atoms with Gasteiger partial charge in [0.1, 0.15) is 0 Å². The number of nitrogens with zero attached hydrogens (tertiary/aromatic N) is 1. The first kappa shape index (κ1) is 17.0. The highest BCUT2D eigenvalue weighted by molar-refractivity contribution is 9.10. The van der Waals surface area contributed by atoms with Gasteiger partial charge in [0.15, 0.2) is 5.78 Å². The van der Waals surface area contributed by atoms with E-state index in [0.717, 1.165) is 28.7 Å². The fourth-order valence-electron chi connectivity index (χ4n) is 2.67. The molecule has 2 rings (SSSR count). The summed E-state index contributed by atoms with van der Waals surface area (Å²) in [6.45, 7) is 12.2. The minimum Gasteiger partial charge on any atom is -0.370 e. The highest BCUT2D eigenvalue weighted by Crippen LogP contribution is 2.34. The third-order valence-corrected chi connectivity index (χ3v) is 4.32. The van der Waals surface area contributed by atoms with E-state index in [2.05, 4.69) is 40.9 Å². The third-order valence-electron chi connectivity index (χ3n) is 3.68. The standard InChI is InChI=1S/C15H20BrNO.C2H4/c1-3-14(18)12-7-8-13(16)15(11(12)2)17-9-5-4-6-10-17;1-2/h7-8H,3-6,9-10H2,1-2H3;1-2H2. The summed E-state index contributed by atoms with van der Waals surface area (Å²) in [5.41, 5.74) is 3.22. The van der Waals surface area contributed by atoms with Crippen molar-refractivity contribution in [3.05, 3.63) is 40.9 Å². The number of piperidine rings is 1. The zero-order chi connectivity index (χ0) is 15.1.